The van der Waals surface area contributed by atoms with Gasteiger partial charge in [-0.25, -0.2) is 12.8 Å². The second kappa shape index (κ2) is 8.93. The van der Waals surface area contributed by atoms with Crippen LogP contribution in [0.15, 0.2) is 65.7 Å². The SMILES string of the molecule is O=C(c1ccc(S(=O)(=O)Nc2ccc(Cl)c3c(Cl)c[nH]c23)c(F)c1)N1CC(N2CCc3ccccc32)C1. The number of aromatic nitrogens is 1. The van der Waals surface area contributed by atoms with Gasteiger partial charge in [-0.2, -0.15) is 0 Å². The molecule has 11 heteroatoms. The summed E-state index contributed by atoms with van der Waals surface area (Å²) >= 11 is 12.3. The topological polar surface area (TPSA) is 85.5 Å². The Morgan fingerprint density at radius 3 is 2.62 bits per heavy atom. The van der Waals surface area contributed by atoms with E-state index in [9.17, 15) is 13.2 Å². The Morgan fingerprint density at radius 1 is 1.05 bits per heavy atom. The molecule has 3 heterocycles. The van der Waals surface area contributed by atoms with Crippen molar-refractivity contribution in [1.82, 2.24) is 9.88 Å². The molecule has 2 aliphatic rings. The quantitative estimate of drug-likeness (QED) is 0.348. The largest absolute Gasteiger partial charge is 0.364 e. The zero-order valence-electron chi connectivity index (χ0n) is 19.3. The highest BCUT2D eigenvalue weighted by atomic mass is 35.5. The first-order valence-electron chi connectivity index (χ1n) is 11.6. The maximum absolute atomic E-state index is 15.0. The summed E-state index contributed by atoms with van der Waals surface area (Å²) in [4.78, 5) is 19.2. The molecule has 4 aromatic rings. The number of nitrogens with one attached hydrogen (secondary N) is 2. The fourth-order valence-corrected chi connectivity index (χ4v) is 6.74. The molecule has 1 saturated heterocycles. The van der Waals surface area contributed by atoms with E-state index in [4.69, 9.17) is 23.2 Å². The van der Waals surface area contributed by atoms with Gasteiger partial charge in [0.15, 0.2) is 0 Å². The number of carbonyl (C=O) groups excluding carboxylic acids is 1. The standard InChI is InChI=1S/C26H21Cl2FN4O3S/c27-18-6-7-21(25-24(18)19(28)12-30-25)31-37(35,36)23-8-5-16(11-20(23)29)26(34)32-13-17(14-32)33-10-9-15-3-1-2-4-22(15)33/h1-8,11-12,17,30-31H,9-10,13-14H2. The number of hydrogen-bond acceptors (Lipinski definition) is 4. The van der Waals surface area contributed by atoms with Crippen LogP contribution in [0.25, 0.3) is 10.9 Å². The van der Waals surface area contributed by atoms with Gasteiger partial charge in [-0.05, 0) is 48.4 Å². The van der Waals surface area contributed by atoms with E-state index in [-0.39, 0.29) is 23.2 Å². The molecular weight excluding hydrogens is 538 g/mol. The van der Waals surface area contributed by atoms with Gasteiger partial charge in [-0.3, -0.25) is 9.52 Å². The third kappa shape index (κ3) is 4.11. The molecule has 0 radical (unpaired) electrons. The lowest BCUT2D eigenvalue weighted by Crippen LogP contribution is -2.61. The van der Waals surface area contributed by atoms with Crippen molar-refractivity contribution in [2.75, 3.05) is 29.3 Å². The Balaban J connectivity index is 1.17. The molecule has 190 valence electrons. The smallest absolute Gasteiger partial charge is 0.264 e. The molecule has 3 aromatic carbocycles. The Hall–Kier alpha value is -3.27. The van der Waals surface area contributed by atoms with E-state index in [1.807, 2.05) is 12.1 Å². The lowest BCUT2D eigenvalue weighted by Gasteiger charge is -2.45. The average molecular weight is 559 g/mol. The van der Waals surface area contributed by atoms with E-state index in [0.717, 1.165) is 25.1 Å². The van der Waals surface area contributed by atoms with Crippen LogP contribution in [0.3, 0.4) is 0 Å². The van der Waals surface area contributed by atoms with E-state index in [2.05, 4.69) is 26.7 Å². The van der Waals surface area contributed by atoms with Crippen LogP contribution >= 0.6 is 23.2 Å². The lowest BCUT2D eigenvalue weighted by molar-refractivity contribution is 0.0600. The predicted molar refractivity (Wildman–Crippen MR) is 143 cm³/mol. The number of halogens is 3. The highest BCUT2D eigenvalue weighted by molar-refractivity contribution is 7.92. The number of hydrogen-bond donors (Lipinski definition) is 2. The first kappa shape index (κ1) is 24.1. The summed E-state index contributed by atoms with van der Waals surface area (Å²) in [5, 5.41) is 1.13. The number of fused-ring (bicyclic) bond motifs is 2. The summed E-state index contributed by atoms with van der Waals surface area (Å²) < 4.78 is 43.4. The van der Waals surface area contributed by atoms with Crippen molar-refractivity contribution in [3.05, 3.63) is 87.8 Å². The monoisotopic (exact) mass is 558 g/mol. The summed E-state index contributed by atoms with van der Waals surface area (Å²) in [6.45, 7) is 1.97. The Labute approximate surface area is 222 Å². The van der Waals surface area contributed by atoms with Crippen LogP contribution in [0.4, 0.5) is 15.8 Å². The number of aromatic amines is 1. The van der Waals surface area contributed by atoms with E-state index in [1.165, 1.54) is 35.6 Å². The normalized spacial score (nSPS) is 15.6. The van der Waals surface area contributed by atoms with Crippen molar-refractivity contribution in [2.45, 2.75) is 17.4 Å². The molecule has 1 fully saturated rings. The van der Waals surface area contributed by atoms with Gasteiger partial charge >= 0.3 is 0 Å². The van der Waals surface area contributed by atoms with Gasteiger partial charge in [-0.15, -0.1) is 0 Å². The molecule has 1 aromatic heterocycles. The number of sulfonamides is 1. The lowest BCUT2D eigenvalue weighted by atomic mass is 10.0. The molecule has 1 amide bonds. The van der Waals surface area contributed by atoms with Crippen molar-refractivity contribution < 1.29 is 17.6 Å². The third-order valence-electron chi connectivity index (χ3n) is 6.96. The van der Waals surface area contributed by atoms with Crippen LogP contribution in [0.1, 0.15) is 15.9 Å². The molecule has 7 nitrogen and oxygen atoms in total. The van der Waals surface area contributed by atoms with Gasteiger partial charge in [-0.1, -0.05) is 41.4 Å². The molecule has 0 saturated carbocycles. The second-order valence-electron chi connectivity index (χ2n) is 9.17. The maximum Gasteiger partial charge on any atom is 0.264 e. The highest BCUT2D eigenvalue weighted by Gasteiger charge is 2.38. The number of benzene rings is 3. The first-order chi connectivity index (χ1) is 17.7. The third-order valence-corrected chi connectivity index (χ3v) is 8.97. The van der Waals surface area contributed by atoms with Crippen molar-refractivity contribution in [3.63, 3.8) is 0 Å². The minimum Gasteiger partial charge on any atom is -0.364 e. The van der Waals surface area contributed by atoms with Crippen LogP contribution in [0.2, 0.25) is 10.0 Å². The van der Waals surface area contributed by atoms with Crippen LogP contribution in [-0.2, 0) is 16.4 Å². The summed E-state index contributed by atoms with van der Waals surface area (Å²) in [5.41, 5.74) is 3.15. The molecular formula is C26H21Cl2FN4O3S. The molecule has 0 atom stereocenters. The molecule has 0 spiro atoms. The van der Waals surface area contributed by atoms with Crippen LogP contribution in [0.5, 0.6) is 0 Å². The minimum atomic E-state index is -4.30. The number of anilines is 2. The van der Waals surface area contributed by atoms with Gasteiger partial charge in [0.1, 0.15) is 10.7 Å². The van der Waals surface area contributed by atoms with Gasteiger partial charge in [0.25, 0.3) is 15.9 Å². The molecule has 2 aliphatic heterocycles. The maximum atomic E-state index is 15.0. The summed E-state index contributed by atoms with van der Waals surface area (Å²) in [6.07, 6.45) is 2.47. The van der Waals surface area contributed by atoms with Crippen molar-refractivity contribution in [3.8, 4) is 0 Å². The number of carbonyl (C=O) groups is 1. The van der Waals surface area contributed by atoms with Crippen LogP contribution in [0, 0.1) is 5.82 Å². The van der Waals surface area contributed by atoms with E-state index < -0.39 is 20.7 Å². The number of H-pyrrole nitrogens is 1. The van der Waals surface area contributed by atoms with E-state index in [1.54, 1.807) is 4.90 Å². The number of amides is 1. The van der Waals surface area contributed by atoms with Crippen LogP contribution < -0.4 is 9.62 Å². The van der Waals surface area contributed by atoms with Crippen LogP contribution in [-0.4, -0.2) is 49.9 Å². The van der Waals surface area contributed by atoms with Gasteiger partial charge < -0.3 is 14.8 Å². The first-order valence-corrected chi connectivity index (χ1v) is 13.9. The Morgan fingerprint density at radius 2 is 1.84 bits per heavy atom. The minimum absolute atomic E-state index is 0.0988. The molecule has 6 rings (SSSR count). The van der Waals surface area contributed by atoms with Crippen molar-refractivity contribution in [2.24, 2.45) is 0 Å². The van der Waals surface area contributed by atoms with Gasteiger partial charge in [0.2, 0.25) is 0 Å². The van der Waals surface area contributed by atoms with Gasteiger partial charge in [0, 0.05) is 42.5 Å². The molecule has 0 bridgehead atoms. The molecule has 0 unspecified atom stereocenters. The van der Waals surface area contributed by atoms with Gasteiger partial charge in [0.05, 0.1) is 27.3 Å². The number of para-hydroxylation sites is 1. The highest BCUT2D eigenvalue weighted by Crippen LogP contribution is 2.36. The predicted octanol–water partition coefficient (Wildman–Crippen LogP) is 5.30. The summed E-state index contributed by atoms with van der Waals surface area (Å²) in [7, 11) is -4.30. The fraction of sp³-hybridized carbons (Fsp3) is 0.192. The summed E-state index contributed by atoms with van der Waals surface area (Å²) in [5.74, 6) is -1.35. The Bertz CT molecular complexity index is 1670. The van der Waals surface area contributed by atoms with E-state index >= 15 is 4.39 Å². The zero-order valence-corrected chi connectivity index (χ0v) is 21.7. The molecule has 37 heavy (non-hydrogen) atoms. The average Bonchev–Trinajstić information content (AvgIpc) is 3.44. The van der Waals surface area contributed by atoms with Crippen molar-refractivity contribution in [1.29, 1.82) is 0 Å². The number of rotatable bonds is 5. The molecule has 2 N–H and O–H groups in total. The van der Waals surface area contributed by atoms with Crippen molar-refractivity contribution >= 4 is 61.4 Å². The summed E-state index contributed by atoms with van der Waals surface area (Å²) in [6, 6.07) is 14.8. The second-order valence-corrected chi connectivity index (χ2v) is 11.6. The fourth-order valence-electron chi connectivity index (χ4n) is 5.05. The molecule has 0 aliphatic carbocycles. The Kier molecular flexibility index (Phi) is 5.82. The zero-order chi connectivity index (χ0) is 25.9. The number of likely N-dealkylation sites (tertiary alicyclic amines) is 1. The van der Waals surface area contributed by atoms with E-state index in [0.29, 0.717) is 34.0 Å². The number of nitrogens with zero attached hydrogens (tertiary/aromatic N) is 2.